The van der Waals surface area contributed by atoms with Crippen molar-refractivity contribution < 1.29 is 8.78 Å². The number of halogens is 2. The van der Waals surface area contributed by atoms with Gasteiger partial charge in [-0.05, 0) is 63.4 Å². The molecule has 0 aliphatic carbocycles. The number of fused-ring (bicyclic) bond motifs is 1. The van der Waals surface area contributed by atoms with Gasteiger partial charge in [0.2, 0.25) is 0 Å². The summed E-state index contributed by atoms with van der Waals surface area (Å²) in [6.45, 7) is 5.80. The summed E-state index contributed by atoms with van der Waals surface area (Å²) in [6.07, 6.45) is 4.71. The molecule has 3 aromatic heterocycles. The zero-order chi connectivity index (χ0) is 22.2. The van der Waals surface area contributed by atoms with E-state index in [1.54, 1.807) is 12.3 Å². The summed E-state index contributed by atoms with van der Waals surface area (Å²) in [5.74, 6) is 0.741. The first-order valence-electron chi connectivity index (χ1n) is 10.8. The van der Waals surface area contributed by atoms with Crippen LogP contribution in [0.25, 0.3) is 22.6 Å². The molecule has 0 saturated carbocycles. The zero-order valence-corrected chi connectivity index (χ0v) is 18.1. The number of imidazole rings is 1. The molecule has 8 heteroatoms. The second-order valence-corrected chi connectivity index (χ2v) is 8.32. The molecule has 32 heavy (non-hydrogen) atoms. The summed E-state index contributed by atoms with van der Waals surface area (Å²) in [6, 6.07) is 6.88. The van der Waals surface area contributed by atoms with Crippen LogP contribution in [0.15, 0.2) is 36.7 Å². The monoisotopic (exact) mass is 434 g/mol. The van der Waals surface area contributed by atoms with Gasteiger partial charge < -0.3 is 9.88 Å². The van der Waals surface area contributed by atoms with Gasteiger partial charge in [-0.2, -0.15) is 0 Å². The van der Waals surface area contributed by atoms with Gasteiger partial charge in [0.05, 0.1) is 18.4 Å². The third kappa shape index (κ3) is 3.86. The van der Waals surface area contributed by atoms with Crippen molar-refractivity contribution in [3.63, 3.8) is 0 Å². The summed E-state index contributed by atoms with van der Waals surface area (Å²) in [7, 11) is 0. The van der Waals surface area contributed by atoms with Crippen molar-refractivity contribution in [3.05, 3.63) is 70.9 Å². The van der Waals surface area contributed by atoms with Crippen LogP contribution in [-0.4, -0.2) is 37.6 Å². The normalized spacial score (nSPS) is 14.9. The Labute approximate surface area is 184 Å². The lowest BCUT2D eigenvalue weighted by Gasteiger charge is -2.23. The van der Waals surface area contributed by atoms with E-state index in [9.17, 15) is 4.39 Å². The fourth-order valence-electron chi connectivity index (χ4n) is 4.45. The number of aromatic nitrogens is 5. The van der Waals surface area contributed by atoms with Crippen LogP contribution >= 0.6 is 0 Å². The highest BCUT2D eigenvalue weighted by Crippen LogP contribution is 2.29. The molecule has 0 radical (unpaired) electrons. The fraction of sp³-hybridized carbons (Fsp3) is 0.333. The van der Waals surface area contributed by atoms with Crippen LogP contribution in [0, 0.1) is 25.5 Å². The van der Waals surface area contributed by atoms with E-state index in [1.165, 1.54) is 6.07 Å². The van der Waals surface area contributed by atoms with Crippen LogP contribution in [-0.2, 0) is 6.54 Å². The minimum atomic E-state index is -0.461. The number of rotatable bonds is 4. The molecular weight excluding hydrogens is 410 g/mol. The van der Waals surface area contributed by atoms with Gasteiger partial charge in [0, 0.05) is 17.3 Å². The van der Waals surface area contributed by atoms with Gasteiger partial charge >= 0.3 is 0 Å². The molecule has 4 heterocycles. The van der Waals surface area contributed by atoms with Gasteiger partial charge in [-0.25, -0.2) is 23.7 Å². The maximum atomic E-state index is 15.2. The molecule has 0 atom stereocenters. The third-order valence-corrected chi connectivity index (χ3v) is 6.06. The SMILES string of the molecule is Cc1nc(C)c2nc(-c3cncc(F)c3)n(Cc3ccc(C4CCNCC4)cc3F)c2n1. The molecule has 0 unspecified atom stereocenters. The van der Waals surface area contributed by atoms with Crippen LogP contribution in [0.3, 0.4) is 0 Å². The standard InChI is InChI=1S/C24H24F2N6/c1-14-22-24(30-15(2)29-14)32(23(31-22)19-9-20(25)12-28-11-19)13-18-4-3-17(10-21(18)26)16-5-7-27-8-6-16/h3-4,9-12,16,27H,5-8,13H2,1-2H3. The average molecular weight is 434 g/mol. The van der Waals surface area contributed by atoms with Gasteiger partial charge in [0.1, 0.15) is 28.8 Å². The van der Waals surface area contributed by atoms with Gasteiger partial charge in [-0.1, -0.05) is 12.1 Å². The molecule has 0 bridgehead atoms. The molecular formula is C24H24F2N6. The van der Waals surface area contributed by atoms with Crippen molar-refractivity contribution in [2.45, 2.75) is 39.2 Å². The van der Waals surface area contributed by atoms with Crippen molar-refractivity contribution in [1.82, 2.24) is 29.8 Å². The number of hydrogen-bond donors (Lipinski definition) is 1. The zero-order valence-electron chi connectivity index (χ0n) is 18.1. The van der Waals surface area contributed by atoms with E-state index in [4.69, 9.17) is 0 Å². The number of nitrogens with one attached hydrogen (secondary N) is 1. The van der Waals surface area contributed by atoms with E-state index in [0.717, 1.165) is 43.4 Å². The quantitative estimate of drug-likeness (QED) is 0.519. The predicted octanol–water partition coefficient (Wildman–Crippen LogP) is 4.30. The lowest BCUT2D eigenvalue weighted by molar-refractivity contribution is 0.458. The maximum absolute atomic E-state index is 15.2. The van der Waals surface area contributed by atoms with Crippen LogP contribution in [0.1, 0.15) is 41.4 Å². The summed E-state index contributed by atoms with van der Waals surface area (Å²) in [5.41, 5.74) is 4.00. The van der Waals surface area contributed by atoms with Gasteiger partial charge in [0.15, 0.2) is 5.65 Å². The Morgan fingerprint density at radius 2 is 1.84 bits per heavy atom. The second-order valence-electron chi connectivity index (χ2n) is 8.32. The number of aryl methyl sites for hydroxylation is 2. The summed E-state index contributed by atoms with van der Waals surface area (Å²) in [5, 5.41) is 3.34. The summed E-state index contributed by atoms with van der Waals surface area (Å²) >= 11 is 0. The van der Waals surface area contributed by atoms with E-state index in [0.29, 0.717) is 39.9 Å². The van der Waals surface area contributed by atoms with Crippen LogP contribution in [0.5, 0.6) is 0 Å². The molecule has 1 aliphatic heterocycles. The molecule has 4 aromatic rings. The van der Waals surface area contributed by atoms with Crippen molar-refractivity contribution >= 4 is 11.2 Å². The Balaban J connectivity index is 1.59. The number of hydrogen-bond acceptors (Lipinski definition) is 5. The first-order valence-corrected chi connectivity index (χ1v) is 10.8. The summed E-state index contributed by atoms with van der Waals surface area (Å²) < 4.78 is 30.9. The van der Waals surface area contributed by atoms with Crippen molar-refractivity contribution in [1.29, 1.82) is 0 Å². The maximum Gasteiger partial charge on any atom is 0.164 e. The third-order valence-electron chi connectivity index (χ3n) is 6.06. The van der Waals surface area contributed by atoms with Crippen molar-refractivity contribution in [3.8, 4) is 11.4 Å². The lowest BCUT2D eigenvalue weighted by atomic mass is 9.89. The fourth-order valence-corrected chi connectivity index (χ4v) is 4.45. The van der Waals surface area contributed by atoms with E-state index < -0.39 is 5.82 Å². The van der Waals surface area contributed by atoms with E-state index >= 15 is 4.39 Å². The van der Waals surface area contributed by atoms with Crippen LogP contribution in [0.2, 0.25) is 0 Å². The molecule has 1 N–H and O–H groups in total. The van der Waals surface area contributed by atoms with Gasteiger partial charge in [-0.3, -0.25) is 4.98 Å². The first kappa shape index (κ1) is 20.6. The van der Waals surface area contributed by atoms with E-state index in [1.807, 2.05) is 30.5 Å². The highest BCUT2D eigenvalue weighted by Gasteiger charge is 2.20. The van der Waals surface area contributed by atoms with Crippen LogP contribution < -0.4 is 5.32 Å². The molecule has 1 aliphatic rings. The average Bonchev–Trinajstić information content (AvgIpc) is 3.14. The Hall–Kier alpha value is -3.26. The Morgan fingerprint density at radius 1 is 1.03 bits per heavy atom. The van der Waals surface area contributed by atoms with Crippen molar-refractivity contribution in [2.75, 3.05) is 13.1 Å². The first-order chi connectivity index (χ1) is 15.5. The van der Waals surface area contributed by atoms with E-state index in [-0.39, 0.29) is 12.4 Å². The molecule has 5 rings (SSSR count). The molecule has 0 amide bonds. The number of pyridine rings is 1. The number of piperidine rings is 1. The Kier molecular flexibility index (Phi) is 5.38. The molecule has 1 fully saturated rings. The minimum Gasteiger partial charge on any atom is -0.317 e. The highest BCUT2D eigenvalue weighted by atomic mass is 19.1. The predicted molar refractivity (Wildman–Crippen MR) is 118 cm³/mol. The van der Waals surface area contributed by atoms with Gasteiger partial charge in [0.25, 0.3) is 0 Å². The number of nitrogens with zero attached hydrogens (tertiary/aromatic N) is 5. The van der Waals surface area contributed by atoms with Crippen LogP contribution in [0.4, 0.5) is 8.78 Å². The molecule has 0 spiro atoms. The Morgan fingerprint density at radius 3 is 2.59 bits per heavy atom. The van der Waals surface area contributed by atoms with Crippen molar-refractivity contribution in [2.24, 2.45) is 0 Å². The number of benzene rings is 1. The molecule has 1 aromatic carbocycles. The topological polar surface area (TPSA) is 68.5 Å². The smallest absolute Gasteiger partial charge is 0.164 e. The molecule has 6 nitrogen and oxygen atoms in total. The Bertz CT molecular complexity index is 1290. The molecule has 164 valence electrons. The summed E-state index contributed by atoms with van der Waals surface area (Å²) in [4.78, 5) is 17.6. The minimum absolute atomic E-state index is 0.219. The second kappa shape index (κ2) is 8.35. The lowest BCUT2D eigenvalue weighted by Crippen LogP contribution is -2.26. The van der Waals surface area contributed by atoms with E-state index in [2.05, 4.69) is 25.3 Å². The largest absolute Gasteiger partial charge is 0.317 e. The van der Waals surface area contributed by atoms with Gasteiger partial charge in [-0.15, -0.1) is 0 Å². The molecule has 1 saturated heterocycles. The highest BCUT2D eigenvalue weighted by molar-refractivity contribution is 5.79.